The average molecular weight is 309 g/mol. The SMILES string of the molecule is CCN1CCCC[C@H]1C(=O)N1CCN(C[C@H]2CCOC2)CC1. The van der Waals surface area contributed by atoms with Crippen molar-refractivity contribution in [2.75, 3.05) is 59.0 Å². The number of carbonyl (C=O) groups is 1. The lowest BCUT2D eigenvalue weighted by Gasteiger charge is -2.41. The molecule has 126 valence electrons. The Morgan fingerprint density at radius 2 is 1.91 bits per heavy atom. The first kappa shape index (κ1) is 16.2. The van der Waals surface area contributed by atoms with Crippen molar-refractivity contribution in [3.05, 3.63) is 0 Å². The molecule has 3 rings (SSSR count). The Morgan fingerprint density at radius 3 is 2.59 bits per heavy atom. The van der Waals surface area contributed by atoms with Crippen molar-refractivity contribution in [3.8, 4) is 0 Å². The summed E-state index contributed by atoms with van der Waals surface area (Å²) in [5, 5.41) is 0. The average Bonchev–Trinajstić information content (AvgIpc) is 3.08. The van der Waals surface area contributed by atoms with Gasteiger partial charge < -0.3 is 9.64 Å². The molecule has 0 unspecified atom stereocenters. The van der Waals surface area contributed by atoms with Crippen LogP contribution in [0.5, 0.6) is 0 Å². The molecule has 0 saturated carbocycles. The third-order valence-electron chi connectivity index (χ3n) is 5.53. The highest BCUT2D eigenvalue weighted by Crippen LogP contribution is 2.20. The molecule has 2 atom stereocenters. The Kier molecular flexibility index (Phi) is 5.71. The van der Waals surface area contributed by atoms with Crippen molar-refractivity contribution >= 4 is 5.91 Å². The molecule has 5 nitrogen and oxygen atoms in total. The van der Waals surface area contributed by atoms with E-state index in [1.54, 1.807) is 0 Å². The fraction of sp³-hybridized carbons (Fsp3) is 0.941. The Labute approximate surface area is 134 Å². The van der Waals surface area contributed by atoms with E-state index in [-0.39, 0.29) is 6.04 Å². The molecule has 0 aliphatic carbocycles. The summed E-state index contributed by atoms with van der Waals surface area (Å²) in [5.41, 5.74) is 0. The van der Waals surface area contributed by atoms with Crippen LogP contribution in [0.25, 0.3) is 0 Å². The van der Waals surface area contributed by atoms with Crippen LogP contribution in [0.3, 0.4) is 0 Å². The second kappa shape index (κ2) is 7.75. The molecule has 0 aromatic carbocycles. The second-order valence-electron chi connectivity index (χ2n) is 7.00. The highest BCUT2D eigenvalue weighted by Gasteiger charge is 2.32. The first-order valence-corrected chi connectivity index (χ1v) is 9.11. The van der Waals surface area contributed by atoms with Crippen molar-refractivity contribution in [2.45, 2.75) is 38.6 Å². The van der Waals surface area contributed by atoms with Crippen LogP contribution in [0.1, 0.15) is 32.6 Å². The molecule has 3 aliphatic rings. The van der Waals surface area contributed by atoms with Gasteiger partial charge in [0, 0.05) is 39.3 Å². The third-order valence-corrected chi connectivity index (χ3v) is 5.53. The molecule has 3 aliphatic heterocycles. The summed E-state index contributed by atoms with van der Waals surface area (Å²) in [4.78, 5) is 19.8. The van der Waals surface area contributed by atoms with Crippen LogP contribution in [0.4, 0.5) is 0 Å². The monoisotopic (exact) mass is 309 g/mol. The van der Waals surface area contributed by atoms with Gasteiger partial charge in [0.15, 0.2) is 0 Å². The van der Waals surface area contributed by atoms with Gasteiger partial charge in [0.1, 0.15) is 0 Å². The minimum atomic E-state index is 0.147. The van der Waals surface area contributed by atoms with Gasteiger partial charge in [-0.1, -0.05) is 13.3 Å². The molecule has 5 heteroatoms. The van der Waals surface area contributed by atoms with Crippen molar-refractivity contribution in [2.24, 2.45) is 5.92 Å². The number of nitrogens with zero attached hydrogens (tertiary/aromatic N) is 3. The Hall–Kier alpha value is -0.650. The number of likely N-dealkylation sites (N-methyl/N-ethyl adjacent to an activating group) is 1. The zero-order chi connectivity index (χ0) is 15.4. The molecule has 0 radical (unpaired) electrons. The summed E-state index contributed by atoms with van der Waals surface area (Å²) >= 11 is 0. The van der Waals surface area contributed by atoms with E-state index in [2.05, 4.69) is 21.6 Å². The number of ether oxygens (including phenoxy) is 1. The number of piperidine rings is 1. The predicted octanol–water partition coefficient (Wildman–Crippen LogP) is 1.04. The lowest BCUT2D eigenvalue weighted by atomic mass is 10.0. The van der Waals surface area contributed by atoms with E-state index in [0.29, 0.717) is 11.8 Å². The molecule has 0 bridgehead atoms. The minimum absolute atomic E-state index is 0.147. The Balaban J connectivity index is 1.46. The number of carbonyl (C=O) groups excluding carboxylic acids is 1. The van der Waals surface area contributed by atoms with Crippen LogP contribution in [0.15, 0.2) is 0 Å². The topological polar surface area (TPSA) is 36.0 Å². The molecule has 3 saturated heterocycles. The lowest BCUT2D eigenvalue weighted by Crippen LogP contribution is -2.56. The highest BCUT2D eigenvalue weighted by atomic mass is 16.5. The van der Waals surface area contributed by atoms with Gasteiger partial charge in [-0.25, -0.2) is 0 Å². The van der Waals surface area contributed by atoms with Gasteiger partial charge in [-0.15, -0.1) is 0 Å². The van der Waals surface area contributed by atoms with Gasteiger partial charge in [-0.2, -0.15) is 0 Å². The molecule has 0 aromatic heterocycles. The van der Waals surface area contributed by atoms with Gasteiger partial charge >= 0.3 is 0 Å². The summed E-state index contributed by atoms with van der Waals surface area (Å²) in [6.45, 7) is 11.1. The van der Waals surface area contributed by atoms with Crippen LogP contribution in [0.2, 0.25) is 0 Å². The number of hydrogen-bond acceptors (Lipinski definition) is 4. The molecule has 0 N–H and O–H groups in total. The molecule has 3 fully saturated rings. The van der Waals surface area contributed by atoms with Gasteiger partial charge in [0.25, 0.3) is 0 Å². The second-order valence-corrected chi connectivity index (χ2v) is 7.00. The molecule has 3 heterocycles. The summed E-state index contributed by atoms with van der Waals surface area (Å²) in [6.07, 6.45) is 4.70. The number of amides is 1. The standard InChI is InChI=1S/C17H31N3O2/c1-2-19-7-4-3-5-16(19)17(21)20-10-8-18(9-11-20)13-15-6-12-22-14-15/h15-16H,2-14H2,1H3/t15-,16+/m1/s1. The summed E-state index contributed by atoms with van der Waals surface area (Å²) in [5.74, 6) is 1.08. The van der Waals surface area contributed by atoms with E-state index in [0.717, 1.165) is 65.4 Å². The summed E-state index contributed by atoms with van der Waals surface area (Å²) in [7, 11) is 0. The van der Waals surface area contributed by atoms with E-state index in [1.165, 1.54) is 19.3 Å². The molecular weight excluding hydrogens is 278 g/mol. The molecule has 22 heavy (non-hydrogen) atoms. The van der Waals surface area contributed by atoms with Crippen molar-refractivity contribution in [1.29, 1.82) is 0 Å². The normalized spacial score (nSPS) is 31.6. The van der Waals surface area contributed by atoms with Crippen LogP contribution in [-0.2, 0) is 9.53 Å². The maximum Gasteiger partial charge on any atom is 0.240 e. The smallest absolute Gasteiger partial charge is 0.240 e. The number of piperazine rings is 1. The van der Waals surface area contributed by atoms with E-state index in [9.17, 15) is 4.79 Å². The first-order valence-electron chi connectivity index (χ1n) is 9.11. The summed E-state index contributed by atoms with van der Waals surface area (Å²) in [6, 6.07) is 0.147. The predicted molar refractivity (Wildman–Crippen MR) is 86.8 cm³/mol. The van der Waals surface area contributed by atoms with Gasteiger partial charge in [-0.3, -0.25) is 14.6 Å². The molecule has 0 spiro atoms. The third kappa shape index (κ3) is 3.81. The van der Waals surface area contributed by atoms with E-state index < -0.39 is 0 Å². The number of rotatable bonds is 4. The van der Waals surface area contributed by atoms with Gasteiger partial charge in [0.2, 0.25) is 5.91 Å². The highest BCUT2D eigenvalue weighted by molar-refractivity contribution is 5.82. The first-order chi connectivity index (χ1) is 10.8. The lowest BCUT2D eigenvalue weighted by molar-refractivity contribution is -0.140. The summed E-state index contributed by atoms with van der Waals surface area (Å²) < 4.78 is 5.46. The molecular formula is C17H31N3O2. The largest absolute Gasteiger partial charge is 0.381 e. The molecule has 0 aromatic rings. The van der Waals surface area contributed by atoms with Gasteiger partial charge in [-0.05, 0) is 38.3 Å². The maximum atomic E-state index is 12.8. The van der Waals surface area contributed by atoms with Crippen LogP contribution in [-0.4, -0.2) is 85.7 Å². The fourth-order valence-corrected chi connectivity index (χ4v) is 4.10. The zero-order valence-electron chi connectivity index (χ0n) is 14.0. The van der Waals surface area contributed by atoms with Crippen LogP contribution in [0, 0.1) is 5.92 Å². The zero-order valence-corrected chi connectivity index (χ0v) is 14.0. The van der Waals surface area contributed by atoms with Gasteiger partial charge in [0.05, 0.1) is 12.6 Å². The van der Waals surface area contributed by atoms with Crippen molar-refractivity contribution in [3.63, 3.8) is 0 Å². The van der Waals surface area contributed by atoms with E-state index in [4.69, 9.17) is 4.74 Å². The maximum absolute atomic E-state index is 12.8. The quantitative estimate of drug-likeness (QED) is 0.777. The Bertz CT molecular complexity index is 363. The van der Waals surface area contributed by atoms with Crippen LogP contribution < -0.4 is 0 Å². The van der Waals surface area contributed by atoms with Crippen molar-refractivity contribution < 1.29 is 9.53 Å². The van der Waals surface area contributed by atoms with E-state index >= 15 is 0 Å². The van der Waals surface area contributed by atoms with Crippen molar-refractivity contribution in [1.82, 2.24) is 14.7 Å². The Morgan fingerprint density at radius 1 is 1.09 bits per heavy atom. The molecule has 1 amide bonds. The minimum Gasteiger partial charge on any atom is -0.381 e. The fourth-order valence-electron chi connectivity index (χ4n) is 4.10. The van der Waals surface area contributed by atoms with Crippen LogP contribution >= 0.6 is 0 Å². The number of likely N-dealkylation sites (tertiary alicyclic amines) is 1. The van der Waals surface area contributed by atoms with E-state index in [1.807, 2.05) is 0 Å². The number of hydrogen-bond donors (Lipinski definition) is 0.